The Bertz CT molecular complexity index is 5570. The lowest BCUT2D eigenvalue weighted by atomic mass is 9.33. The van der Waals surface area contributed by atoms with Gasteiger partial charge in [-0.25, -0.2) is 15.0 Å². The van der Waals surface area contributed by atoms with Gasteiger partial charge in [-0.15, -0.1) is 0 Å². The number of aromatic nitrogens is 3. The van der Waals surface area contributed by atoms with Crippen LogP contribution in [0.25, 0.3) is 143 Å². The Morgan fingerprint density at radius 1 is 0.221 bits per heavy atom. The third-order valence-electron chi connectivity index (χ3n) is 20.0. The maximum absolute atomic E-state index is 5.61. The van der Waals surface area contributed by atoms with Gasteiger partial charge in [0.15, 0.2) is 17.5 Å². The van der Waals surface area contributed by atoms with Gasteiger partial charge in [0.05, 0.1) is 0 Å². The number of hydrogen-bond acceptors (Lipinski definition) is 5. The molecule has 0 amide bonds. The monoisotopic (exact) mass is 1200 g/mol. The van der Waals surface area contributed by atoms with Gasteiger partial charge < -0.3 is 9.80 Å². The van der Waals surface area contributed by atoms with Gasteiger partial charge in [0.1, 0.15) is 0 Å². The molecule has 438 valence electrons. The van der Waals surface area contributed by atoms with E-state index in [-0.39, 0.29) is 6.71 Å². The minimum Gasteiger partial charge on any atom is -0.311 e. The highest BCUT2D eigenvalue weighted by molar-refractivity contribution is 7.01. The molecule has 95 heavy (non-hydrogen) atoms. The summed E-state index contributed by atoms with van der Waals surface area (Å²) in [5.74, 6) is 1.77. The molecule has 0 saturated heterocycles. The zero-order valence-corrected chi connectivity index (χ0v) is 51.5. The molecule has 0 N–H and O–H groups in total. The maximum Gasteiger partial charge on any atom is 0.252 e. The van der Waals surface area contributed by atoms with Crippen LogP contribution in [-0.2, 0) is 0 Å². The molecule has 0 bridgehead atoms. The topological polar surface area (TPSA) is 45.2 Å². The van der Waals surface area contributed by atoms with E-state index in [1.54, 1.807) is 0 Å². The van der Waals surface area contributed by atoms with Crippen molar-refractivity contribution in [1.29, 1.82) is 0 Å². The molecule has 3 heterocycles. The van der Waals surface area contributed by atoms with Crippen LogP contribution in [-0.4, -0.2) is 21.7 Å². The Kier molecular flexibility index (Phi) is 11.8. The van der Waals surface area contributed by atoms with Gasteiger partial charge in [-0.1, -0.05) is 279 Å². The minimum atomic E-state index is -0.273. The lowest BCUT2D eigenvalue weighted by Gasteiger charge is -2.45. The second-order valence-corrected chi connectivity index (χ2v) is 25.4. The molecule has 20 rings (SSSR count). The number of hydrogen-bond donors (Lipinski definition) is 0. The zero-order valence-electron chi connectivity index (χ0n) is 51.5. The predicted molar refractivity (Wildman–Crippen MR) is 399 cm³/mol. The third-order valence-corrected chi connectivity index (χ3v) is 20.0. The van der Waals surface area contributed by atoms with Crippen LogP contribution in [0.15, 0.2) is 328 Å². The van der Waals surface area contributed by atoms with Crippen LogP contribution in [0.5, 0.6) is 0 Å². The fourth-order valence-corrected chi connectivity index (χ4v) is 15.9. The molecule has 0 atom stereocenters. The quantitative estimate of drug-likeness (QED) is 0.106. The zero-order chi connectivity index (χ0) is 62.2. The van der Waals surface area contributed by atoms with Crippen molar-refractivity contribution < 1.29 is 0 Å². The Balaban J connectivity index is 0.988. The number of nitrogens with zero attached hydrogens (tertiary/aromatic N) is 5. The maximum atomic E-state index is 5.61. The summed E-state index contributed by atoms with van der Waals surface area (Å²) in [4.78, 5) is 21.8. The fourth-order valence-electron chi connectivity index (χ4n) is 15.9. The summed E-state index contributed by atoms with van der Waals surface area (Å²) >= 11 is 0. The molecule has 0 unspecified atom stereocenters. The van der Waals surface area contributed by atoms with Crippen molar-refractivity contribution in [2.24, 2.45) is 0 Å². The smallest absolute Gasteiger partial charge is 0.252 e. The Morgan fingerprint density at radius 2 is 0.526 bits per heavy atom. The van der Waals surface area contributed by atoms with E-state index in [0.29, 0.717) is 17.5 Å². The van der Waals surface area contributed by atoms with Crippen molar-refractivity contribution in [2.75, 3.05) is 9.80 Å². The van der Waals surface area contributed by atoms with Gasteiger partial charge in [-0.2, -0.15) is 0 Å². The molecule has 6 heteroatoms. The Labute approximate surface area is 549 Å². The molecular weight excluding hydrogens is 1150 g/mol. The second kappa shape index (κ2) is 21.0. The average Bonchev–Trinajstić information content (AvgIpc) is 0.677. The molecule has 0 spiro atoms. The summed E-state index contributed by atoms with van der Waals surface area (Å²) in [7, 11) is 0. The van der Waals surface area contributed by atoms with Crippen LogP contribution in [0.3, 0.4) is 0 Å². The van der Waals surface area contributed by atoms with E-state index in [0.717, 1.165) is 95.3 Å². The van der Waals surface area contributed by atoms with Crippen LogP contribution in [0.4, 0.5) is 34.1 Å². The van der Waals surface area contributed by atoms with Gasteiger partial charge in [0.2, 0.25) is 0 Å². The molecule has 1 aromatic heterocycles. The first-order valence-electron chi connectivity index (χ1n) is 32.7. The number of benzene rings is 17. The minimum absolute atomic E-state index is 0.273. The lowest BCUT2D eigenvalue weighted by molar-refractivity contribution is 1.07. The van der Waals surface area contributed by atoms with Gasteiger partial charge in [-0.05, 0) is 163 Å². The first-order valence-corrected chi connectivity index (χ1v) is 32.7. The van der Waals surface area contributed by atoms with Gasteiger partial charge in [-0.3, -0.25) is 0 Å². The molecule has 17 aromatic carbocycles. The van der Waals surface area contributed by atoms with E-state index < -0.39 is 0 Å². The largest absolute Gasteiger partial charge is 0.311 e. The lowest BCUT2D eigenvalue weighted by Crippen LogP contribution is -2.61. The SMILES string of the molecule is c1ccc(-c2cc(-c3ccccc3)cc(N3c4cc(-c5nc(-c6ccccc6)nc(-c6ccccc6)n5)cc5c4B(c4cc6ccc7cccc8ccc(c43)c6c78)c3cc4ccc6cccc7ccc(c3N5c3cc(-c5ccccc5)cc(-c5ccccc5)c3)c4c67)c2)cc1. The van der Waals surface area contributed by atoms with Crippen molar-refractivity contribution in [3.8, 4) is 78.7 Å². The van der Waals surface area contributed by atoms with E-state index in [4.69, 9.17) is 15.0 Å². The van der Waals surface area contributed by atoms with Crippen LogP contribution >= 0.6 is 0 Å². The van der Waals surface area contributed by atoms with Crippen LogP contribution < -0.4 is 26.2 Å². The van der Waals surface area contributed by atoms with E-state index in [2.05, 4.69) is 325 Å². The molecule has 0 aliphatic carbocycles. The second-order valence-electron chi connectivity index (χ2n) is 25.4. The fraction of sp³-hybridized carbons (Fsp3) is 0. The normalized spacial score (nSPS) is 12.6. The van der Waals surface area contributed by atoms with Crippen molar-refractivity contribution in [2.45, 2.75) is 0 Å². The van der Waals surface area contributed by atoms with Crippen LogP contribution in [0, 0.1) is 0 Å². The van der Waals surface area contributed by atoms with E-state index in [1.807, 2.05) is 12.1 Å². The van der Waals surface area contributed by atoms with Gasteiger partial charge in [0.25, 0.3) is 6.71 Å². The van der Waals surface area contributed by atoms with Gasteiger partial charge in [0, 0.05) is 61.6 Å². The summed E-state index contributed by atoms with van der Waals surface area (Å²) in [5.41, 5.74) is 21.8. The summed E-state index contributed by atoms with van der Waals surface area (Å²) in [6.45, 7) is -0.273. The van der Waals surface area contributed by atoms with Crippen molar-refractivity contribution in [1.82, 2.24) is 15.0 Å². The molecule has 18 aromatic rings. The summed E-state index contributed by atoms with van der Waals surface area (Å²) in [6.07, 6.45) is 0. The molecule has 0 radical (unpaired) electrons. The standard InChI is InChI=1S/C89H54BN5/c1-7-21-55(22-8-1)67-45-68(56-23-9-2-10-24-56)48-72(47-67)94-78-53-71(89-92-87(63-29-15-5-16-30-63)91-88(93-89)64-31-17-6-18-32-64)54-79-84(78)90(76-51-65-39-37-59-33-19-35-61-41-43-74(85(76)94)82(65)80(59)61)77-52-66-40-38-60-34-20-36-62-42-44-75(83(66)81(60)62)86(77)95(79)73-49-69(57-25-11-3-12-26-57)46-70(50-73)58-27-13-4-14-28-58/h1-54H. The van der Waals surface area contributed by atoms with Crippen molar-refractivity contribution in [3.05, 3.63) is 328 Å². The van der Waals surface area contributed by atoms with Crippen LogP contribution in [0.1, 0.15) is 0 Å². The van der Waals surface area contributed by atoms with Crippen molar-refractivity contribution in [3.63, 3.8) is 0 Å². The van der Waals surface area contributed by atoms with E-state index >= 15 is 0 Å². The molecule has 2 aliphatic rings. The highest BCUT2D eigenvalue weighted by Crippen LogP contribution is 2.53. The number of rotatable bonds is 9. The van der Waals surface area contributed by atoms with Crippen LogP contribution in [0.2, 0.25) is 0 Å². The molecule has 0 saturated carbocycles. The molecule has 0 fully saturated rings. The predicted octanol–water partition coefficient (Wildman–Crippen LogP) is 21.4. The van der Waals surface area contributed by atoms with E-state index in [9.17, 15) is 0 Å². The average molecular weight is 1200 g/mol. The highest BCUT2D eigenvalue weighted by Gasteiger charge is 2.46. The molecule has 2 aliphatic heterocycles. The Morgan fingerprint density at radius 3 is 0.874 bits per heavy atom. The third kappa shape index (κ3) is 8.41. The summed E-state index contributed by atoms with van der Waals surface area (Å²) in [6, 6.07) is 121. The number of fused-ring (bicyclic) bond motifs is 6. The molecule has 5 nitrogen and oxygen atoms in total. The van der Waals surface area contributed by atoms with E-state index in [1.165, 1.54) is 81.0 Å². The Hall–Kier alpha value is -12.5. The first kappa shape index (κ1) is 53.2. The summed E-state index contributed by atoms with van der Waals surface area (Å²) in [5, 5.41) is 14.7. The van der Waals surface area contributed by atoms with Crippen molar-refractivity contribution >= 4 is 122 Å². The summed E-state index contributed by atoms with van der Waals surface area (Å²) < 4.78 is 0. The highest BCUT2D eigenvalue weighted by atomic mass is 15.2. The number of anilines is 6. The first-order chi connectivity index (χ1) is 47.1. The molecular formula is C89H54BN5. The van der Waals surface area contributed by atoms with Gasteiger partial charge >= 0.3 is 0 Å².